The Bertz CT molecular complexity index is 1270. The summed E-state index contributed by atoms with van der Waals surface area (Å²) < 4.78 is 11.1. The zero-order valence-electron chi connectivity index (χ0n) is 38.0. The fourth-order valence-electron chi connectivity index (χ4n) is 7.48. The molecular formula is C52H84O8. The summed E-state index contributed by atoms with van der Waals surface area (Å²) in [6, 6.07) is 12.4. The molecule has 8 heteroatoms. The lowest BCUT2D eigenvalue weighted by Crippen LogP contribution is -2.15. The average molecular weight is 837 g/mol. The molecule has 0 fully saturated rings. The molecule has 0 aromatic heterocycles. The maximum absolute atomic E-state index is 12.7. The molecule has 0 heterocycles. The van der Waals surface area contributed by atoms with Crippen molar-refractivity contribution in [3.8, 4) is 0 Å². The van der Waals surface area contributed by atoms with Crippen LogP contribution in [0.2, 0.25) is 0 Å². The van der Waals surface area contributed by atoms with Gasteiger partial charge in [-0.3, -0.25) is 0 Å². The van der Waals surface area contributed by atoms with E-state index in [2.05, 4.69) is 13.8 Å². The highest BCUT2D eigenvalue weighted by atomic mass is 16.5. The molecule has 2 rings (SSSR count). The molecule has 0 spiro atoms. The van der Waals surface area contributed by atoms with Crippen LogP contribution in [0.25, 0.3) is 0 Å². The maximum Gasteiger partial charge on any atom is 0.339 e. The smallest absolute Gasteiger partial charge is 0.339 e. The van der Waals surface area contributed by atoms with E-state index in [0.29, 0.717) is 24.3 Å². The number of carboxylic acids is 2. The summed E-state index contributed by atoms with van der Waals surface area (Å²) in [4.78, 5) is 46.4. The largest absolute Gasteiger partial charge is 0.478 e. The van der Waals surface area contributed by atoms with E-state index in [1.54, 1.807) is 24.3 Å². The highest BCUT2D eigenvalue weighted by molar-refractivity contribution is 6.03. The van der Waals surface area contributed by atoms with Crippen molar-refractivity contribution < 1.29 is 38.9 Å². The van der Waals surface area contributed by atoms with Crippen LogP contribution in [0.3, 0.4) is 0 Å². The van der Waals surface area contributed by atoms with E-state index in [0.717, 1.165) is 25.7 Å². The lowest BCUT2D eigenvalue weighted by atomic mass is 10.0. The third-order valence-corrected chi connectivity index (χ3v) is 11.2. The number of ether oxygens (including phenoxy) is 2. The maximum atomic E-state index is 12.7. The summed E-state index contributed by atoms with van der Waals surface area (Å²) in [5, 5.41) is 17.1. The molecule has 2 N–H and O–H groups in total. The molecule has 0 unspecified atom stereocenters. The number of aromatic carboxylic acids is 2. The minimum Gasteiger partial charge on any atom is -0.478 e. The van der Waals surface area contributed by atoms with Crippen molar-refractivity contribution in [1.29, 1.82) is 0 Å². The number of hydrogen-bond acceptors (Lipinski definition) is 6. The summed E-state index contributed by atoms with van der Waals surface area (Å²) in [6.45, 7) is 5.37. The van der Waals surface area contributed by atoms with E-state index in [9.17, 15) is 19.2 Å². The molecule has 340 valence electrons. The zero-order valence-corrected chi connectivity index (χ0v) is 38.0. The van der Waals surface area contributed by atoms with Gasteiger partial charge in [-0.1, -0.05) is 231 Å². The standard InChI is InChI=1S/C44H78O4.C8H6O4/c1-3-5-7-9-11-13-15-17-19-21-23-25-27-29-31-35-39-47-43(45)41-37-33-34-38-42(41)44(46)48-40-36-32-30-28-26-24-22-20-18-16-14-12-10-8-6-4-2;9-7(10)5-3-1-2-4-6(5)8(11)12/h33-34,37-38H,3-32,35-36,39-40H2,1-2H3;1-4H,(H,9,10)(H,11,12). The number of unbranched alkanes of at least 4 members (excludes halogenated alkanes) is 30. The lowest BCUT2D eigenvalue weighted by Gasteiger charge is -2.10. The molecule has 2 aromatic carbocycles. The van der Waals surface area contributed by atoms with Gasteiger partial charge in [-0.05, 0) is 37.1 Å². The van der Waals surface area contributed by atoms with Crippen molar-refractivity contribution in [2.24, 2.45) is 0 Å². The number of benzene rings is 2. The molecule has 8 nitrogen and oxygen atoms in total. The molecule has 0 aliphatic carbocycles. The second-order valence-electron chi connectivity index (χ2n) is 16.6. The lowest BCUT2D eigenvalue weighted by molar-refractivity contribution is 0.0450. The second kappa shape index (κ2) is 39.5. The van der Waals surface area contributed by atoms with E-state index in [1.807, 2.05) is 0 Å². The van der Waals surface area contributed by atoms with E-state index in [-0.39, 0.29) is 11.1 Å². The van der Waals surface area contributed by atoms with Gasteiger partial charge >= 0.3 is 23.9 Å². The van der Waals surface area contributed by atoms with Crippen LogP contribution in [0.4, 0.5) is 0 Å². The Morgan fingerprint density at radius 3 is 0.750 bits per heavy atom. The Hall–Kier alpha value is -3.68. The fraction of sp³-hybridized carbons (Fsp3) is 0.692. The predicted molar refractivity (Wildman–Crippen MR) is 246 cm³/mol. The van der Waals surface area contributed by atoms with Crippen molar-refractivity contribution in [1.82, 2.24) is 0 Å². The van der Waals surface area contributed by atoms with Crippen molar-refractivity contribution in [2.45, 2.75) is 219 Å². The summed E-state index contributed by atoms with van der Waals surface area (Å²) in [5.74, 6) is -3.31. The first-order valence-corrected chi connectivity index (χ1v) is 24.3. The van der Waals surface area contributed by atoms with Gasteiger partial charge in [-0.15, -0.1) is 0 Å². The van der Waals surface area contributed by atoms with Crippen LogP contribution in [0, 0.1) is 0 Å². The summed E-state index contributed by atoms with van der Waals surface area (Å²) in [6.07, 6.45) is 42.1. The highest BCUT2D eigenvalue weighted by Gasteiger charge is 2.19. The third kappa shape index (κ3) is 29.5. The molecule has 0 saturated carbocycles. The van der Waals surface area contributed by atoms with Crippen molar-refractivity contribution in [3.05, 3.63) is 70.8 Å². The van der Waals surface area contributed by atoms with Crippen LogP contribution in [0.1, 0.15) is 261 Å². The van der Waals surface area contributed by atoms with Crippen molar-refractivity contribution in [3.63, 3.8) is 0 Å². The van der Waals surface area contributed by atoms with Gasteiger partial charge in [0.2, 0.25) is 0 Å². The first-order valence-electron chi connectivity index (χ1n) is 24.3. The zero-order chi connectivity index (χ0) is 43.7. The molecule has 0 atom stereocenters. The number of esters is 2. The van der Waals surface area contributed by atoms with Gasteiger partial charge in [0.1, 0.15) is 0 Å². The Labute approximate surface area is 365 Å². The Morgan fingerprint density at radius 2 is 0.533 bits per heavy atom. The predicted octanol–water partition coefficient (Wildman–Crippen LogP) is 15.6. The molecule has 0 aliphatic rings. The van der Waals surface area contributed by atoms with Crippen LogP contribution >= 0.6 is 0 Å². The molecule has 0 saturated heterocycles. The van der Waals surface area contributed by atoms with Crippen LogP contribution in [0.5, 0.6) is 0 Å². The third-order valence-electron chi connectivity index (χ3n) is 11.2. The number of carboxylic acid groups (broad SMARTS) is 2. The Kier molecular flexibility index (Phi) is 35.7. The molecule has 0 aliphatic heterocycles. The SMILES string of the molecule is CCCCCCCCCCCCCCCCCCOC(=O)c1ccccc1C(=O)OCCCCCCCCCCCCCCCCCC.O=C(O)c1ccccc1C(=O)O. The van der Waals surface area contributed by atoms with Gasteiger partial charge in [0, 0.05) is 0 Å². The van der Waals surface area contributed by atoms with Gasteiger partial charge in [0.05, 0.1) is 35.5 Å². The van der Waals surface area contributed by atoms with Gasteiger partial charge < -0.3 is 19.7 Å². The number of carbonyl (C=O) groups excluding carboxylic acids is 2. The summed E-state index contributed by atoms with van der Waals surface area (Å²) >= 11 is 0. The van der Waals surface area contributed by atoms with Crippen LogP contribution in [-0.4, -0.2) is 47.3 Å². The van der Waals surface area contributed by atoms with Gasteiger partial charge in [0.15, 0.2) is 0 Å². The minimum absolute atomic E-state index is 0.190. The average Bonchev–Trinajstić information content (AvgIpc) is 3.25. The van der Waals surface area contributed by atoms with Crippen LogP contribution < -0.4 is 0 Å². The minimum atomic E-state index is -1.23. The summed E-state index contributed by atoms with van der Waals surface area (Å²) in [7, 11) is 0. The van der Waals surface area contributed by atoms with E-state index in [1.165, 1.54) is 204 Å². The number of hydrogen-bond donors (Lipinski definition) is 2. The summed E-state index contributed by atoms with van der Waals surface area (Å²) in [5.41, 5.74) is 0.243. The number of rotatable bonds is 38. The topological polar surface area (TPSA) is 127 Å². The quantitative estimate of drug-likeness (QED) is 0.0506. The van der Waals surface area contributed by atoms with E-state index >= 15 is 0 Å². The van der Waals surface area contributed by atoms with Crippen molar-refractivity contribution >= 4 is 23.9 Å². The monoisotopic (exact) mass is 837 g/mol. The van der Waals surface area contributed by atoms with Gasteiger partial charge in [-0.2, -0.15) is 0 Å². The van der Waals surface area contributed by atoms with Crippen LogP contribution in [0.15, 0.2) is 48.5 Å². The first kappa shape index (κ1) is 54.3. The van der Waals surface area contributed by atoms with Gasteiger partial charge in [-0.25, -0.2) is 19.2 Å². The first-order chi connectivity index (χ1) is 29.3. The normalized spacial score (nSPS) is 10.8. The van der Waals surface area contributed by atoms with E-state index < -0.39 is 23.9 Å². The fourth-order valence-corrected chi connectivity index (χ4v) is 7.48. The van der Waals surface area contributed by atoms with Crippen molar-refractivity contribution in [2.75, 3.05) is 13.2 Å². The molecule has 2 aromatic rings. The second-order valence-corrected chi connectivity index (χ2v) is 16.6. The van der Waals surface area contributed by atoms with Crippen LogP contribution in [-0.2, 0) is 9.47 Å². The molecule has 60 heavy (non-hydrogen) atoms. The highest BCUT2D eigenvalue weighted by Crippen LogP contribution is 2.17. The molecule has 0 amide bonds. The number of carbonyl (C=O) groups is 4. The van der Waals surface area contributed by atoms with Gasteiger partial charge in [0.25, 0.3) is 0 Å². The van der Waals surface area contributed by atoms with E-state index in [4.69, 9.17) is 19.7 Å². The Morgan fingerprint density at radius 1 is 0.333 bits per heavy atom. The molecule has 0 radical (unpaired) electrons. The molecular weight excluding hydrogens is 753 g/mol. The molecule has 0 bridgehead atoms. The Balaban J connectivity index is 0.00000127.